The number of aliphatic hydroxyl groups excluding tert-OH is 1. The van der Waals surface area contributed by atoms with Gasteiger partial charge in [0.15, 0.2) is 0 Å². The molecular weight excluding hydrogens is 341 g/mol. The quantitative estimate of drug-likeness (QED) is 0.863. The first-order chi connectivity index (χ1) is 13.0. The molecule has 0 spiro atoms. The average Bonchev–Trinajstić information content (AvgIpc) is 2.70. The molecule has 1 heterocycles. The Bertz CT molecular complexity index is 781. The van der Waals surface area contributed by atoms with Gasteiger partial charge in [0.2, 0.25) is 0 Å². The third-order valence-electron chi connectivity index (χ3n) is 6.25. The van der Waals surface area contributed by atoms with Crippen LogP contribution in [0.4, 0.5) is 4.39 Å². The van der Waals surface area contributed by atoms with Crippen molar-refractivity contribution in [3.05, 3.63) is 70.5 Å². The summed E-state index contributed by atoms with van der Waals surface area (Å²) in [6.45, 7) is 2.02. The number of hydrogen-bond acceptors (Lipinski definition) is 3. The third kappa shape index (κ3) is 4.08. The molecule has 1 fully saturated rings. The molecule has 4 rings (SSSR count). The van der Waals surface area contributed by atoms with Gasteiger partial charge in [-0.05, 0) is 72.9 Å². The number of hydrogen-bond donors (Lipinski definition) is 2. The minimum Gasteiger partial charge on any atom is -0.387 e. The highest BCUT2D eigenvalue weighted by molar-refractivity contribution is 5.35. The molecule has 2 aliphatic rings. The summed E-state index contributed by atoms with van der Waals surface area (Å²) in [7, 11) is 0. The van der Waals surface area contributed by atoms with Crippen molar-refractivity contribution in [1.82, 2.24) is 4.90 Å². The van der Waals surface area contributed by atoms with Crippen LogP contribution in [0.1, 0.15) is 54.0 Å². The van der Waals surface area contributed by atoms with E-state index in [-0.39, 0.29) is 5.82 Å². The van der Waals surface area contributed by atoms with Crippen LogP contribution in [0.15, 0.2) is 42.5 Å². The number of β-amino-alcohol motifs (C(OH)–C–C–N with tert-alkyl or cyclic N) is 1. The summed E-state index contributed by atoms with van der Waals surface area (Å²) in [6, 6.07) is 12.6. The van der Waals surface area contributed by atoms with Crippen LogP contribution >= 0.6 is 0 Å². The molecule has 1 aliphatic heterocycles. The van der Waals surface area contributed by atoms with Crippen molar-refractivity contribution in [2.75, 3.05) is 19.6 Å². The highest BCUT2D eigenvalue weighted by Crippen LogP contribution is 2.33. The Hall–Kier alpha value is -1.75. The minimum absolute atomic E-state index is 0.284. The molecule has 1 saturated heterocycles. The van der Waals surface area contributed by atoms with E-state index in [0.29, 0.717) is 19.4 Å². The van der Waals surface area contributed by atoms with Crippen LogP contribution in [-0.4, -0.2) is 34.7 Å². The first-order valence-corrected chi connectivity index (χ1v) is 10.0. The van der Waals surface area contributed by atoms with Crippen LogP contribution in [0.25, 0.3) is 0 Å². The lowest BCUT2D eigenvalue weighted by Gasteiger charge is -2.39. The van der Waals surface area contributed by atoms with Crippen molar-refractivity contribution >= 4 is 0 Å². The van der Waals surface area contributed by atoms with Crippen molar-refractivity contribution in [2.24, 2.45) is 0 Å². The normalized spacial score (nSPS) is 20.9. The molecule has 27 heavy (non-hydrogen) atoms. The minimum atomic E-state index is -0.902. The van der Waals surface area contributed by atoms with Gasteiger partial charge in [0, 0.05) is 19.6 Å². The molecule has 3 nitrogen and oxygen atoms in total. The SMILES string of the molecule is O[C@@H](CN1CCC(O)(c2ccc(F)cc2)CC1)c1ccc2c(c1)CCCC2. The molecule has 2 aromatic carbocycles. The van der Waals surface area contributed by atoms with Gasteiger partial charge in [0.25, 0.3) is 0 Å². The van der Waals surface area contributed by atoms with Gasteiger partial charge in [0.1, 0.15) is 5.82 Å². The maximum absolute atomic E-state index is 13.1. The average molecular weight is 369 g/mol. The van der Waals surface area contributed by atoms with E-state index in [4.69, 9.17) is 0 Å². The second kappa shape index (κ2) is 7.70. The number of fused-ring (bicyclic) bond motifs is 1. The molecule has 4 heteroatoms. The summed E-state index contributed by atoms with van der Waals surface area (Å²) in [5.74, 6) is -0.284. The molecule has 0 aromatic heterocycles. The molecule has 2 aromatic rings. The fourth-order valence-electron chi connectivity index (χ4n) is 4.46. The van der Waals surface area contributed by atoms with Gasteiger partial charge in [-0.25, -0.2) is 4.39 Å². The largest absolute Gasteiger partial charge is 0.387 e. The highest BCUT2D eigenvalue weighted by atomic mass is 19.1. The standard InChI is InChI=1S/C23H28FNO2/c24-21-9-7-20(8-10-21)23(27)11-13-25(14-12-23)16-22(26)19-6-5-17-3-1-2-4-18(17)15-19/h5-10,15,22,26-27H,1-4,11-14,16H2/t22-/m0/s1. The molecule has 0 amide bonds. The van der Waals surface area contributed by atoms with Crippen LogP contribution in [0.5, 0.6) is 0 Å². The van der Waals surface area contributed by atoms with Crippen molar-refractivity contribution in [1.29, 1.82) is 0 Å². The summed E-state index contributed by atoms with van der Waals surface area (Å²) in [5.41, 5.74) is 3.69. The highest BCUT2D eigenvalue weighted by Gasteiger charge is 2.34. The molecule has 144 valence electrons. The second-order valence-corrected chi connectivity index (χ2v) is 8.09. The number of piperidine rings is 1. The van der Waals surface area contributed by atoms with E-state index in [1.54, 1.807) is 12.1 Å². The Morgan fingerprint density at radius 1 is 0.963 bits per heavy atom. The first-order valence-electron chi connectivity index (χ1n) is 10.0. The summed E-state index contributed by atoms with van der Waals surface area (Å²) in [6.07, 6.45) is 5.45. The van der Waals surface area contributed by atoms with E-state index in [0.717, 1.165) is 37.1 Å². The number of halogens is 1. The van der Waals surface area contributed by atoms with Crippen LogP contribution < -0.4 is 0 Å². The Morgan fingerprint density at radius 3 is 2.33 bits per heavy atom. The van der Waals surface area contributed by atoms with Crippen molar-refractivity contribution in [2.45, 2.75) is 50.2 Å². The van der Waals surface area contributed by atoms with Crippen molar-refractivity contribution < 1.29 is 14.6 Å². The van der Waals surface area contributed by atoms with Gasteiger partial charge < -0.3 is 15.1 Å². The van der Waals surface area contributed by atoms with Gasteiger partial charge in [-0.1, -0.05) is 30.3 Å². The molecule has 1 atom stereocenters. The lowest BCUT2D eigenvalue weighted by atomic mass is 9.84. The number of likely N-dealkylation sites (tertiary alicyclic amines) is 1. The van der Waals surface area contributed by atoms with Crippen LogP contribution in [0.2, 0.25) is 0 Å². The lowest BCUT2D eigenvalue weighted by Crippen LogP contribution is -2.44. The van der Waals surface area contributed by atoms with Gasteiger partial charge in [-0.3, -0.25) is 0 Å². The number of aliphatic hydroxyl groups is 2. The van der Waals surface area contributed by atoms with Gasteiger partial charge in [-0.2, -0.15) is 0 Å². The van der Waals surface area contributed by atoms with Crippen LogP contribution in [-0.2, 0) is 18.4 Å². The zero-order valence-electron chi connectivity index (χ0n) is 15.7. The molecule has 0 bridgehead atoms. The predicted octanol–water partition coefficient (Wildman–Crippen LogP) is 3.72. The maximum Gasteiger partial charge on any atom is 0.123 e. The van der Waals surface area contributed by atoms with E-state index < -0.39 is 11.7 Å². The van der Waals surface area contributed by atoms with Crippen LogP contribution in [0, 0.1) is 5.82 Å². The molecular formula is C23H28FNO2. The fourth-order valence-corrected chi connectivity index (χ4v) is 4.46. The zero-order valence-corrected chi connectivity index (χ0v) is 15.7. The van der Waals surface area contributed by atoms with Crippen molar-refractivity contribution in [3.8, 4) is 0 Å². The Balaban J connectivity index is 1.36. The van der Waals surface area contributed by atoms with Gasteiger partial charge in [0.05, 0.1) is 11.7 Å². The second-order valence-electron chi connectivity index (χ2n) is 8.09. The Morgan fingerprint density at radius 2 is 1.63 bits per heavy atom. The Labute approximate surface area is 160 Å². The number of benzene rings is 2. The number of aryl methyl sites for hydroxylation is 2. The maximum atomic E-state index is 13.1. The predicted molar refractivity (Wildman–Crippen MR) is 104 cm³/mol. The van der Waals surface area contributed by atoms with Gasteiger partial charge >= 0.3 is 0 Å². The lowest BCUT2D eigenvalue weighted by molar-refractivity contribution is -0.0345. The van der Waals surface area contributed by atoms with E-state index in [9.17, 15) is 14.6 Å². The van der Waals surface area contributed by atoms with E-state index in [1.165, 1.54) is 36.1 Å². The topological polar surface area (TPSA) is 43.7 Å². The summed E-state index contributed by atoms with van der Waals surface area (Å²) in [5, 5.41) is 21.6. The zero-order chi connectivity index (χ0) is 18.9. The molecule has 2 N–H and O–H groups in total. The molecule has 0 unspecified atom stereocenters. The fraction of sp³-hybridized carbons (Fsp3) is 0.478. The molecule has 1 aliphatic carbocycles. The van der Waals surface area contributed by atoms with E-state index in [1.807, 2.05) is 0 Å². The van der Waals surface area contributed by atoms with Crippen molar-refractivity contribution in [3.63, 3.8) is 0 Å². The monoisotopic (exact) mass is 369 g/mol. The Kier molecular flexibility index (Phi) is 5.31. The third-order valence-corrected chi connectivity index (χ3v) is 6.25. The summed E-state index contributed by atoms with van der Waals surface area (Å²) < 4.78 is 13.1. The molecule has 0 radical (unpaired) electrons. The van der Waals surface area contributed by atoms with Gasteiger partial charge in [-0.15, -0.1) is 0 Å². The number of rotatable bonds is 4. The van der Waals surface area contributed by atoms with Crippen LogP contribution in [0.3, 0.4) is 0 Å². The summed E-state index contributed by atoms with van der Waals surface area (Å²) in [4.78, 5) is 2.21. The van der Waals surface area contributed by atoms with E-state index >= 15 is 0 Å². The smallest absolute Gasteiger partial charge is 0.123 e. The molecule has 0 saturated carbocycles. The van der Waals surface area contributed by atoms with E-state index in [2.05, 4.69) is 23.1 Å². The number of nitrogens with zero attached hydrogens (tertiary/aromatic N) is 1. The first kappa shape index (κ1) is 18.6. The summed E-state index contributed by atoms with van der Waals surface area (Å²) >= 11 is 0.